The first-order valence-corrected chi connectivity index (χ1v) is 10.4. The Labute approximate surface area is 177 Å². The molecule has 1 spiro atoms. The van der Waals surface area contributed by atoms with E-state index in [1.807, 2.05) is 10.7 Å². The molecule has 2 saturated carbocycles. The first-order chi connectivity index (χ1) is 14.2. The zero-order valence-corrected chi connectivity index (χ0v) is 17.0. The average Bonchev–Trinajstić information content (AvgIpc) is 3.28. The molecule has 2 fully saturated rings. The number of primary amides is 1. The lowest BCUT2D eigenvalue weighted by atomic mass is 9.79. The normalized spacial score (nSPS) is 21.2. The third-order valence-electron chi connectivity index (χ3n) is 6.42. The van der Waals surface area contributed by atoms with Crippen molar-refractivity contribution in [1.29, 1.82) is 0 Å². The number of benzene rings is 1. The Bertz CT molecular complexity index is 1060. The topological polar surface area (TPSA) is 81.2 Å². The van der Waals surface area contributed by atoms with E-state index in [0.29, 0.717) is 28.5 Å². The van der Waals surface area contributed by atoms with Gasteiger partial charge in [0.05, 0.1) is 23.3 Å². The second kappa shape index (κ2) is 6.51. The van der Waals surface area contributed by atoms with E-state index >= 15 is 0 Å². The minimum absolute atomic E-state index is 0.104. The number of hydrogen-bond acceptors (Lipinski definition) is 3. The van der Waals surface area contributed by atoms with Crippen molar-refractivity contribution < 1.29 is 18.4 Å². The van der Waals surface area contributed by atoms with Crippen LogP contribution in [-0.2, 0) is 16.9 Å². The van der Waals surface area contributed by atoms with Crippen LogP contribution in [0.25, 0.3) is 11.3 Å². The van der Waals surface area contributed by atoms with Gasteiger partial charge in [0.25, 0.3) is 5.91 Å². The summed E-state index contributed by atoms with van der Waals surface area (Å²) >= 11 is 6.12. The monoisotopic (exact) mass is 434 g/mol. The van der Waals surface area contributed by atoms with Gasteiger partial charge in [0.1, 0.15) is 5.69 Å². The number of carbonyl (C=O) groups is 2. The highest BCUT2D eigenvalue weighted by atomic mass is 35.5. The standard InChI is InChI=1S/C21H21ClF2N4O2/c22-14-3-1-2-13(7-14)18-17(19(25)30)15-10-27(11-20(4-5-20)28(15)26-18)16(29)6-12-8-21(23,24)9-12/h1-3,7,12H,4-6,8-11H2,(H2,25,30). The summed E-state index contributed by atoms with van der Waals surface area (Å²) in [5, 5.41) is 5.24. The molecule has 2 N–H and O–H groups in total. The van der Waals surface area contributed by atoms with Crippen molar-refractivity contribution in [1.82, 2.24) is 14.7 Å². The van der Waals surface area contributed by atoms with Crippen molar-refractivity contribution in [2.75, 3.05) is 6.54 Å². The van der Waals surface area contributed by atoms with Crippen molar-refractivity contribution >= 4 is 23.4 Å². The second-order valence-corrected chi connectivity index (χ2v) is 9.20. The molecule has 0 bridgehead atoms. The SMILES string of the molecule is NC(=O)c1c(-c2cccc(Cl)c2)nn2c1CN(C(=O)CC1CC(F)(F)C1)CC21CC1. The zero-order valence-electron chi connectivity index (χ0n) is 16.2. The van der Waals surface area contributed by atoms with Crippen molar-refractivity contribution in [3.05, 3.63) is 40.5 Å². The van der Waals surface area contributed by atoms with Gasteiger partial charge in [0.15, 0.2) is 0 Å². The summed E-state index contributed by atoms with van der Waals surface area (Å²) in [7, 11) is 0. The maximum Gasteiger partial charge on any atom is 0.252 e. The van der Waals surface area contributed by atoms with Gasteiger partial charge in [-0.05, 0) is 30.9 Å². The van der Waals surface area contributed by atoms with Crippen LogP contribution >= 0.6 is 11.6 Å². The molecule has 2 amide bonds. The van der Waals surface area contributed by atoms with Gasteiger partial charge in [0, 0.05) is 36.4 Å². The highest BCUT2D eigenvalue weighted by Gasteiger charge is 2.53. The zero-order chi connectivity index (χ0) is 21.3. The molecule has 1 aromatic carbocycles. The molecule has 2 aromatic rings. The highest BCUT2D eigenvalue weighted by Crippen LogP contribution is 2.50. The van der Waals surface area contributed by atoms with Crippen molar-refractivity contribution in [2.45, 2.75) is 50.1 Å². The predicted molar refractivity (Wildman–Crippen MR) is 106 cm³/mol. The number of hydrogen-bond donors (Lipinski definition) is 1. The van der Waals surface area contributed by atoms with Crippen molar-refractivity contribution in [3.63, 3.8) is 0 Å². The number of nitrogens with two attached hydrogens (primary N) is 1. The van der Waals surface area contributed by atoms with Gasteiger partial charge >= 0.3 is 0 Å². The summed E-state index contributed by atoms with van der Waals surface area (Å²) in [6.45, 7) is 0.659. The molecule has 2 aliphatic carbocycles. The maximum atomic E-state index is 13.1. The number of fused-ring (bicyclic) bond motifs is 2. The molecule has 158 valence electrons. The number of aromatic nitrogens is 2. The van der Waals surface area contributed by atoms with Crippen LogP contribution in [0.15, 0.2) is 24.3 Å². The lowest BCUT2D eigenvalue weighted by Gasteiger charge is -2.38. The molecule has 1 aliphatic heterocycles. The molecule has 9 heteroatoms. The first kappa shape index (κ1) is 19.5. The van der Waals surface area contributed by atoms with Gasteiger partial charge in [-0.3, -0.25) is 14.3 Å². The molecule has 6 nitrogen and oxygen atoms in total. The summed E-state index contributed by atoms with van der Waals surface area (Å²) in [4.78, 5) is 26.9. The van der Waals surface area contributed by atoms with Crippen LogP contribution in [0.3, 0.4) is 0 Å². The average molecular weight is 435 g/mol. The molecule has 0 atom stereocenters. The van der Waals surface area contributed by atoms with Crippen LogP contribution in [0.5, 0.6) is 0 Å². The summed E-state index contributed by atoms with van der Waals surface area (Å²) in [6.07, 6.45) is 1.30. The predicted octanol–water partition coefficient (Wildman–Crippen LogP) is 3.57. The molecule has 2 heterocycles. The van der Waals surface area contributed by atoms with E-state index < -0.39 is 11.8 Å². The number of rotatable bonds is 4. The first-order valence-electron chi connectivity index (χ1n) is 10.0. The highest BCUT2D eigenvalue weighted by molar-refractivity contribution is 6.30. The van der Waals surface area contributed by atoms with Crippen LogP contribution in [0, 0.1) is 5.92 Å². The second-order valence-electron chi connectivity index (χ2n) is 8.77. The lowest BCUT2D eigenvalue weighted by molar-refractivity contribution is -0.144. The number of alkyl halides is 2. The Morgan fingerprint density at radius 3 is 2.60 bits per heavy atom. The number of halogens is 3. The van der Waals surface area contributed by atoms with E-state index in [2.05, 4.69) is 0 Å². The number of nitrogens with zero attached hydrogens (tertiary/aromatic N) is 3. The fourth-order valence-corrected chi connectivity index (χ4v) is 4.93. The van der Waals surface area contributed by atoms with Crippen LogP contribution in [0.1, 0.15) is 48.2 Å². The van der Waals surface area contributed by atoms with Crippen molar-refractivity contribution in [3.8, 4) is 11.3 Å². The summed E-state index contributed by atoms with van der Waals surface area (Å²) in [5.74, 6) is -3.70. The quantitative estimate of drug-likeness (QED) is 0.798. The minimum atomic E-state index is -2.64. The fraction of sp³-hybridized carbons (Fsp3) is 0.476. The summed E-state index contributed by atoms with van der Waals surface area (Å²) in [6, 6.07) is 7.04. The fourth-order valence-electron chi connectivity index (χ4n) is 4.74. The molecule has 1 aromatic heterocycles. The van der Waals surface area contributed by atoms with Crippen LogP contribution < -0.4 is 5.73 Å². The minimum Gasteiger partial charge on any atom is -0.365 e. The Morgan fingerprint density at radius 2 is 2.00 bits per heavy atom. The molecule has 3 aliphatic rings. The van der Waals surface area contributed by atoms with Crippen LogP contribution in [0.4, 0.5) is 8.78 Å². The van der Waals surface area contributed by atoms with Gasteiger partial charge < -0.3 is 10.6 Å². The molecular formula is C21H21ClF2N4O2. The summed E-state index contributed by atoms with van der Waals surface area (Å²) in [5.41, 5.74) is 7.40. The van der Waals surface area contributed by atoms with E-state index in [9.17, 15) is 18.4 Å². The van der Waals surface area contributed by atoms with E-state index in [0.717, 1.165) is 12.8 Å². The van der Waals surface area contributed by atoms with Gasteiger partial charge in [-0.2, -0.15) is 5.10 Å². The Balaban J connectivity index is 1.48. The van der Waals surface area contributed by atoms with Gasteiger partial charge in [-0.25, -0.2) is 8.78 Å². The van der Waals surface area contributed by atoms with Crippen LogP contribution in [0.2, 0.25) is 5.02 Å². The van der Waals surface area contributed by atoms with E-state index in [-0.39, 0.29) is 48.7 Å². The maximum absolute atomic E-state index is 13.1. The summed E-state index contributed by atoms with van der Waals surface area (Å²) < 4.78 is 28.1. The largest absolute Gasteiger partial charge is 0.365 e. The molecule has 5 rings (SSSR count). The Kier molecular flexibility index (Phi) is 4.23. The third kappa shape index (κ3) is 3.17. The number of carbonyl (C=O) groups excluding carboxylic acids is 2. The van der Waals surface area contributed by atoms with E-state index in [1.165, 1.54) is 0 Å². The third-order valence-corrected chi connectivity index (χ3v) is 6.65. The Hall–Kier alpha value is -2.48. The van der Waals surface area contributed by atoms with Gasteiger partial charge in [-0.1, -0.05) is 23.7 Å². The van der Waals surface area contributed by atoms with Gasteiger partial charge in [0.2, 0.25) is 11.8 Å². The van der Waals surface area contributed by atoms with Crippen LogP contribution in [-0.4, -0.2) is 39.0 Å². The smallest absolute Gasteiger partial charge is 0.252 e. The molecule has 0 radical (unpaired) electrons. The Morgan fingerprint density at radius 1 is 1.27 bits per heavy atom. The van der Waals surface area contributed by atoms with Gasteiger partial charge in [-0.15, -0.1) is 0 Å². The van der Waals surface area contributed by atoms with E-state index in [4.69, 9.17) is 22.4 Å². The number of amides is 2. The van der Waals surface area contributed by atoms with E-state index in [1.54, 1.807) is 23.1 Å². The van der Waals surface area contributed by atoms with Crippen molar-refractivity contribution in [2.24, 2.45) is 11.7 Å². The molecular weight excluding hydrogens is 414 g/mol. The molecule has 0 saturated heterocycles. The lowest BCUT2D eigenvalue weighted by Crippen LogP contribution is -2.47. The molecule has 30 heavy (non-hydrogen) atoms. The molecule has 0 unspecified atom stereocenters.